The molecule has 0 aliphatic carbocycles. The molecule has 0 saturated carbocycles. The van der Waals surface area contributed by atoms with E-state index in [0.29, 0.717) is 47.3 Å². The molecule has 3 aromatic rings. The smallest absolute Gasteiger partial charge is 0.326 e. The summed E-state index contributed by atoms with van der Waals surface area (Å²) in [5.41, 5.74) is 1.86. The van der Waals surface area contributed by atoms with E-state index in [2.05, 4.69) is 25.9 Å². The maximum atomic E-state index is 12.0. The van der Waals surface area contributed by atoms with E-state index in [-0.39, 0.29) is 18.3 Å². The Morgan fingerprint density at radius 1 is 1.23 bits per heavy atom. The van der Waals surface area contributed by atoms with Gasteiger partial charge in [0.2, 0.25) is 5.91 Å². The van der Waals surface area contributed by atoms with Gasteiger partial charge in [0.05, 0.1) is 6.61 Å². The number of nitrogens with one attached hydrogen (secondary N) is 3. The number of carboxylic acids is 1. The number of aliphatic carboxylic acids is 1. The van der Waals surface area contributed by atoms with Crippen LogP contribution in [0.4, 0.5) is 6.01 Å². The van der Waals surface area contributed by atoms with Gasteiger partial charge in [-0.1, -0.05) is 23.7 Å². The number of benzene rings is 2. The van der Waals surface area contributed by atoms with Gasteiger partial charge in [0.1, 0.15) is 17.3 Å². The molecule has 0 radical (unpaired) electrons. The number of nitrogens with zero attached hydrogens (tertiary/aromatic N) is 2. The summed E-state index contributed by atoms with van der Waals surface area (Å²) >= 11 is 5.96. The summed E-state index contributed by atoms with van der Waals surface area (Å²) < 4.78 is 11.3. The van der Waals surface area contributed by atoms with Crippen LogP contribution in [0.2, 0.25) is 5.02 Å². The van der Waals surface area contributed by atoms with E-state index in [1.165, 1.54) is 0 Å². The van der Waals surface area contributed by atoms with E-state index >= 15 is 0 Å². The van der Waals surface area contributed by atoms with Crippen LogP contribution in [0.1, 0.15) is 24.8 Å². The molecular weight excluding hydrogens is 474 g/mol. The molecule has 0 bridgehead atoms. The second-order valence-corrected chi connectivity index (χ2v) is 8.46. The van der Waals surface area contributed by atoms with Gasteiger partial charge in [-0.3, -0.25) is 15.1 Å². The standard InChI is InChI=1S/C24H26ClN5O5/c25-16-6-9-18-20(14-16)35-24(28-18)29-19(22(32)33)13-15-4-7-17(8-5-15)34-12-1-3-21(31)30-23-26-10-2-11-27-23/h4-9,14,19H,1-3,10-13H2,(H,28,29)(H,32,33)(H2,26,27,30,31). The lowest BCUT2D eigenvalue weighted by Crippen LogP contribution is -2.43. The lowest BCUT2D eigenvalue weighted by Gasteiger charge is -2.15. The third kappa shape index (κ3) is 7.10. The number of oxazole rings is 1. The fraction of sp³-hybridized carbons (Fsp3) is 0.333. The highest BCUT2D eigenvalue weighted by Gasteiger charge is 2.20. The van der Waals surface area contributed by atoms with Crippen LogP contribution >= 0.6 is 11.6 Å². The second-order valence-electron chi connectivity index (χ2n) is 8.03. The zero-order chi connectivity index (χ0) is 24.6. The van der Waals surface area contributed by atoms with Crippen molar-refractivity contribution in [2.24, 2.45) is 4.99 Å². The van der Waals surface area contributed by atoms with Crippen LogP contribution < -0.4 is 20.7 Å². The third-order valence-electron chi connectivity index (χ3n) is 5.28. The average molecular weight is 500 g/mol. The number of fused-ring (bicyclic) bond motifs is 1. The molecule has 1 aliphatic rings. The number of carboxylic acid groups (broad SMARTS) is 1. The Bertz CT molecular complexity index is 1210. The molecule has 0 saturated heterocycles. The fourth-order valence-electron chi connectivity index (χ4n) is 3.50. The monoisotopic (exact) mass is 499 g/mol. The molecule has 10 nitrogen and oxygen atoms in total. The minimum atomic E-state index is -1.03. The Morgan fingerprint density at radius 3 is 2.80 bits per heavy atom. The number of hydrogen-bond donors (Lipinski definition) is 4. The van der Waals surface area contributed by atoms with Crippen LogP contribution in [0.15, 0.2) is 51.9 Å². The number of guanidine groups is 1. The molecule has 35 heavy (non-hydrogen) atoms. The topological polar surface area (TPSA) is 138 Å². The number of halogens is 1. The molecule has 2 aromatic carbocycles. The molecule has 0 spiro atoms. The highest BCUT2D eigenvalue weighted by Crippen LogP contribution is 2.23. The number of ether oxygens (including phenoxy) is 1. The van der Waals surface area contributed by atoms with E-state index in [0.717, 1.165) is 25.1 Å². The van der Waals surface area contributed by atoms with E-state index < -0.39 is 12.0 Å². The van der Waals surface area contributed by atoms with Crippen molar-refractivity contribution in [1.29, 1.82) is 0 Å². The van der Waals surface area contributed by atoms with Crippen molar-refractivity contribution >= 4 is 46.6 Å². The summed E-state index contributed by atoms with van der Waals surface area (Å²) in [7, 11) is 0. The summed E-state index contributed by atoms with van der Waals surface area (Å²) in [6.07, 6.45) is 2.06. The summed E-state index contributed by atoms with van der Waals surface area (Å²) in [5.74, 6) is 0.0418. The molecule has 1 aromatic heterocycles. The van der Waals surface area contributed by atoms with Gasteiger partial charge in [-0.2, -0.15) is 4.98 Å². The predicted octanol–water partition coefficient (Wildman–Crippen LogP) is 3.21. The Balaban J connectivity index is 1.24. The minimum absolute atomic E-state index is 0.105. The first-order valence-electron chi connectivity index (χ1n) is 11.3. The van der Waals surface area contributed by atoms with Crippen molar-refractivity contribution in [3.8, 4) is 5.75 Å². The quantitative estimate of drug-likeness (QED) is 0.312. The SMILES string of the molecule is O=C(CCCOc1ccc(CC(Nc2nc3ccc(Cl)cc3o2)C(=O)O)cc1)NC1=NCCCN1. The molecular formula is C24H26ClN5O5. The number of carbonyl (C=O) groups is 2. The molecule has 11 heteroatoms. The largest absolute Gasteiger partial charge is 0.494 e. The normalized spacial score (nSPS) is 14.0. The van der Waals surface area contributed by atoms with Gasteiger partial charge >= 0.3 is 5.97 Å². The molecule has 0 fully saturated rings. The van der Waals surface area contributed by atoms with Crippen LogP contribution in [0.3, 0.4) is 0 Å². The lowest BCUT2D eigenvalue weighted by atomic mass is 10.1. The van der Waals surface area contributed by atoms with Crippen molar-refractivity contribution in [3.05, 3.63) is 53.1 Å². The number of amides is 1. The van der Waals surface area contributed by atoms with Crippen LogP contribution in [0.5, 0.6) is 5.75 Å². The minimum Gasteiger partial charge on any atom is -0.494 e. The molecule has 1 aliphatic heterocycles. The Labute approximate surface area is 206 Å². The number of rotatable bonds is 10. The average Bonchev–Trinajstić information content (AvgIpc) is 3.24. The van der Waals surface area contributed by atoms with Gasteiger partial charge in [0.15, 0.2) is 11.5 Å². The number of hydrogen-bond acceptors (Lipinski definition) is 8. The number of aliphatic imine (C=N–C) groups is 1. The molecule has 2 heterocycles. The number of carbonyl (C=O) groups excluding carboxylic acids is 1. The highest BCUT2D eigenvalue weighted by molar-refractivity contribution is 6.31. The predicted molar refractivity (Wildman–Crippen MR) is 132 cm³/mol. The van der Waals surface area contributed by atoms with Gasteiger partial charge in [-0.15, -0.1) is 0 Å². The fourth-order valence-corrected chi connectivity index (χ4v) is 3.66. The molecule has 4 N–H and O–H groups in total. The summed E-state index contributed by atoms with van der Waals surface area (Å²) in [6.45, 7) is 1.92. The van der Waals surface area contributed by atoms with Crippen molar-refractivity contribution in [2.75, 3.05) is 25.0 Å². The first-order valence-corrected chi connectivity index (χ1v) is 11.7. The van der Waals surface area contributed by atoms with Crippen molar-refractivity contribution in [3.63, 3.8) is 0 Å². The molecule has 1 unspecified atom stereocenters. The zero-order valence-electron chi connectivity index (χ0n) is 18.9. The third-order valence-corrected chi connectivity index (χ3v) is 5.52. The number of anilines is 1. The summed E-state index contributed by atoms with van der Waals surface area (Å²) in [5, 5.41) is 18.8. The molecule has 184 valence electrons. The lowest BCUT2D eigenvalue weighted by molar-refractivity contribution is -0.138. The second kappa shape index (κ2) is 11.6. The van der Waals surface area contributed by atoms with Gasteiger partial charge in [-0.25, -0.2) is 4.79 Å². The molecule has 4 rings (SSSR count). The summed E-state index contributed by atoms with van der Waals surface area (Å²) in [6, 6.07) is 11.4. The number of aromatic nitrogens is 1. The Morgan fingerprint density at radius 2 is 2.06 bits per heavy atom. The van der Waals surface area contributed by atoms with Crippen LogP contribution in [0.25, 0.3) is 11.1 Å². The maximum absolute atomic E-state index is 12.0. The first kappa shape index (κ1) is 24.3. The molecule has 1 amide bonds. The highest BCUT2D eigenvalue weighted by atomic mass is 35.5. The zero-order valence-corrected chi connectivity index (χ0v) is 19.7. The molecule has 1 atom stereocenters. The van der Waals surface area contributed by atoms with E-state index in [1.807, 2.05) is 0 Å². The van der Waals surface area contributed by atoms with Crippen LogP contribution in [0, 0.1) is 0 Å². The van der Waals surface area contributed by atoms with Crippen LogP contribution in [-0.2, 0) is 16.0 Å². The van der Waals surface area contributed by atoms with Crippen molar-refractivity contribution < 1.29 is 23.8 Å². The first-order chi connectivity index (χ1) is 17.0. The van der Waals surface area contributed by atoms with Gasteiger partial charge in [-0.05, 0) is 42.7 Å². The van der Waals surface area contributed by atoms with Crippen molar-refractivity contribution in [2.45, 2.75) is 31.7 Å². The van der Waals surface area contributed by atoms with Crippen LogP contribution in [-0.4, -0.2) is 53.7 Å². The van der Waals surface area contributed by atoms with Gasteiger partial charge in [0.25, 0.3) is 6.01 Å². The van der Waals surface area contributed by atoms with E-state index in [4.69, 9.17) is 20.8 Å². The summed E-state index contributed by atoms with van der Waals surface area (Å²) in [4.78, 5) is 32.2. The maximum Gasteiger partial charge on any atom is 0.326 e. The van der Waals surface area contributed by atoms with E-state index in [9.17, 15) is 14.7 Å². The van der Waals surface area contributed by atoms with Crippen molar-refractivity contribution in [1.82, 2.24) is 15.6 Å². The van der Waals surface area contributed by atoms with Gasteiger partial charge in [0, 0.05) is 37.0 Å². The Kier molecular flexibility index (Phi) is 8.04. The van der Waals surface area contributed by atoms with E-state index in [1.54, 1.807) is 42.5 Å². The Hall–Kier alpha value is -3.79. The van der Waals surface area contributed by atoms with Gasteiger partial charge < -0.3 is 24.9 Å².